The minimum absolute atomic E-state index is 0.0492. The largest absolute Gasteiger partial charge is 0.456 e. The van der Waals surface area contributed by atoms with E-state index in [4.69, 9.17) is 4.42 Å². The van der Waals surface area contributed by atoms with E-state index < -0.39 is 0 Å². The lowest BCUT2D eigenvalue weighted by Crippen LogP contribution is -2.43. The molecule has 0 atom stereocenters. The van der Waals surface area contributed by atoms with Crippen molar-refractivity contribution >= 4 is 39.0 Å². The average molecular weight is 494 g/mol. The van der Waals surface area contributed by atoms with Crippen LogP contribution in [-0.2, 0) is 10.8 Å². The Balaban J connectivity index is 1.49. The fourth-order valence-electron chi connectivity index (χ4n) is 6.33. The minimum atomic E-state index is -0.118. The van der Waals surface area contributed by atoms with E-state index in [1.165, 1.54) is 27.6 Å². The smallest absolute Gasteiger partial charge is 0.139 e. The van der Waals surface area contributed by atoms with Crippen molar-refractivity contribution in [3.8, 4) is 11.1 Å². The van der Waals surface area contributed by atoms with E-state index in [0.29, 0.717) is 0 Å². The Kier molecular flexibility index (Phi) is 4.87. The lowest BCUT2D eigenvalue weighted by atomic mass is 9.55. The highest BCUT2D eigenvalue weighted by Crippen LogP contribution is 2.56. The van der Waals surface area contributed by atoms with Crippen molar-refractivity contribution in [3.05, 3.63) is 126 Å². The first-order chi connectivity index (χ1) is 18.4. The highest BCUT2D eigenvalue weighted by molar-refractivity contribution is 6.09. The first-order valence-corrected chi connectivity index (χ1v) is 13.4. The predicted molar refractivity (Wildman–Crippen MR) is 160 cm³/mol. The first kappa shape index (κ1) is 22.9. The lowest BCUT2D eigenvalue weighted by molar-refractivity contribution is 0.299. The van der Waals surface area contributed by atoms with Gasteiger partial charge >= 0.3 is 0 Å². The van der Waals surface area contributed by atoms with Crippen LogP contribution < -0.4 is 4.90 Å². The maximum Gasteiger partial charge on any atom is 0.139 e. The van der Waals surface area contributed by atoms with Gasteiger partial charge in [0.1, 0.15) is 11.2 Å². The molecular weight excluding hydrogens is 462 g/mol. The lowest BCUT2D eigenvalue weighted by Gasteiger charge is -2.48. The van der Waals surface area contributed by atoms with Crippen molar-refractivity contribution in [1.29, 1.82) is 0 Å². The van der Waals surface area contributed by atoms with Crippen molar-refractivity contribution in [2.24, 2.45) is 0 Å². The molecule has 2 nitrogen and oxygen atoms in total. The molecule has 6 aromatic rings. The molecule has 0 saturated heterocycles. The van der Waals surface area contributed by atoms with E-state index in [9.17, 15) is 0 Å². The van der Waals surface area contributed by atoms with Gasteiger partial charge in [-0.2, -0.15) is 0 Å². The average Bonchev–Trinajstić information content (AvgIpc) is 3.31. The van der Waals surface area contributed by atoms with Crippen molar-refractivity contribution in [2.75, 3.05) is 4.90 Å². The van der Waals surface area contributed by atoms with Crippen LogP contribution in [0.25, 0.3) is 33.1 Å². The van der Waals surface area contributed by atoms with Gasteiger partial charge in [0.05, 0.1) is 0 Å². The molecule has 1 aliphatic carbocycles. The van der Waals surface area contributed by atoms with Gasteiger partial charge in [-0.05, 0) is 70.6 Å². The van der Waals surface area contributed by atoms with Gasteiger partial charge in [0.25, 0.3) is 0 Å². The zero-order valence-electron chi connectivity index (χ0n) is 22.3. The fourth-order valence-corrected chi connectivity index (χ4v) is 6.33. The van der Waals surface area contributed by atoms with Gasteiger partial charge in [-0.3, -0.25) is 0 Å². The SMILES string of the molecule is CC1(C)c2ccccc2-c2ccc3c(oc4ccc(N(c5ccccc5)c5ccccc5)cc43)c2C1(C)C. The van der Waals surface area contributed by atoms with E-state index in [1.54, 1.807) is 0 Å². The van der Waals surface area contributed by atoms with Gasteiger partial charge in [-0.15, -0.1) is 0 Å². The minimum Gasteiger partial charge on any atom is -0.456 e. The molecule has 0 fully saturated rings. The van der Waals surface area contributed by atoms with E-state index in [0.717, 1.165) is 33.6 Å². The summed E-state index contributed by atoms with van der Waals surface area (Å²) in [4.78, 5) is 2.31. The second-order valence-electron chi connectivity index (χ2n) is 11.4. The standard InChI is InChI=1S/C36H31NO/c1-35(2)31-18-12-11-17-27(31)28-20-21-29-30-23-26(19-22-32(30)38-34(29)33(28)36(35,3)4)37(24-13-7-5-8-14-24)25-15-9-6-10-16-25/h5-23H,1-4H3. The summed E-state index contributed by atoms with van der Waals surface area (Å²) >= 11 is 0. The first-order valence-electron chi connectivity index (χ1n) is 13.4. The molecule has 38 heavy (non-hydrogen) atoms. The topological polar surface area (TPSA) is 16.4 Å². The molecule has 2 heteroatoms. The highest BCUT2D eigenvalue weighted by atomic mass is 16.3. The molecule has 0 spiro atoms. The quantitative estimate of drug-likeness (QED) is 0.244. The molecule has 0 aliphatic heterocycles. The van der Waals surface area contributed by atoms with Crippen LogP contribution in [0.15, 0.2) is 120 Å². The number of nitrogens with zero attached hydrogens (tertiary/aromatic N) is 1. The molecule has 5 aromatic carbocycles. The number of para-hydroxylation sites is 2. The molecule has 1 aromatic heterocycles. The summed E-state index contributed by atoms with van der Waals surface area (Å²) in [5.74, 6) is 0. The molecule has 7 rings (SSSR count). The number of furan rings is 1. The van der Waals surface area contributed by atoms with E-state index in [-0.39, 0.29) is 10.8 Å². The number of anilines is 3. The van der Waals surface area contributed by atoms with Crippen molar-refractivity contribution in [3.63, 3.8) is 0 Å². The molecule has 0 bridgehead atoms. The van der Waals surface area contributed by atoms with Gasteiger partial charge in [0.15, 0.2) is 0 Å². The third kappa shape index (κ3) is 3.13. The fraction of sp³-hybridized carbons (Fsp3) is 0.167. The normalized spacial score (nSPS) is 15.3. The maximum atomic E-state index is 6.72. The second-order valence-corrected chi connectivity index (χ2v) is 11.4. The molecule has 0 saturated carbocycles. The summed E-state index contributed by atoms with van der Waals surface area (Å²) in [6, 6.07) is 41.1. The summed E-state index contributed by atoms with van der Waals surface area (Å²) in [5, 5.41) is 2.31. The number of benzene rings is 5. The Morgan fingerprint density at radius 1 is 0.526 bits per heavy atom. The summed E-state index contributed by atoms with van der Waals surface area (Å²) in [7, 11) is 0. The third-order valence-corrected chi connectivity index (χ3v) is 8.99. The third-order valence-electron chi connectivity index (χ3n) is 8.99. The van der Waals surface area contributed by atoms with Crippen LogP contribution in [0.3, 0.4) is 0 Å². The van der Waals surface area contributed by atoms with Gasteiger partial charge in [0.2, 0.25) is 0 Å². The Morgan fingerprint density at radius 3 is 1.84 bits per heavy atom. The zero-order chi connectivity index (χ0) is 26.1. The number of hydrogen-bond acceptors (Lipinski definition) is 2. The summed E-state index contributed by atoms with van der Waals surface area (Å²) in [6.45, 7) is 9.47. The zero-order valence-corrected chi connectivity index (χ0v) is 22.3. The van der Waals surface area contributed by atoms with Crippen molar-refractivity contribution in [2.45, 2.75) is 38.5 Å². The molecule has 1 aliphatic rings. The van der Waals surface area contributed by atoms with Gasteiger partial charge in [0, 0.05) is 38.8 Å². The Morgan fingerprint density at radius 2 is 1.16 bits per heavy atom. The molecule has 0 N–H and O–H groups in total. The molecule has 1 heterocycles. The van der Waals surface area contributed by atoms with Crippen LogP contribution in [0.5, 0.6) is 0 Å². The monoisotopic (exact) mass is 493 g/mol. The van der Waals surface area contributed by atoms with Crippen LogP contribution in [0.1, 0.15) is 38.8 Å². The van der Waals surface area contributed by atoms with E-state index in [1.807, 2.05) is 0 Å². The molecule has 0 radical (unpaired) electrons. The second kappa shape index (κ2) is 8.10. The number of fused-ring (bicyclic) bond motifs is 7. The van der Waals surface area contributed by atoms with Crippen molar-refractivity contribution < 1.29 is 4.42 Å². The molecule has 0 amide bonds. The van der Waals surface area contributed by atoms with Gasteiger partial charge in [-0.25, -0.2) is 0 Å². The summed E-state index contributed by atoms with van der Waals surface area (Å²) in [6.07, 6.45) is 0. The Bertz CT molecular complexity index is 1770. The van der Waals surface area contributed by atoms with Gasteiger partial charge in [-0.1, -0.05) is 94.4 Å². The van der Waals surface area contributed by atoms with Crippen LogP contribution in [0.4, 0.5) is 17.1 Å². The summed E-state index contributed by atoms with van der Waals surface area (Å²) < 4.78 is 6.72. The van der Waals surface area contributed by atoms with Gasteiger partial charge < -0.3 is 9.32 Å². The van der Waals surface area contributed by atoms with Crippen LogP contribution in [0.2, 0.25) is 0 Å². The van der Waals surface area contributed by atoms with Crippen LogP contribution in [-0.4, -0.2) is 0 Å². The number of rotatable bonds is 3. The molecule has 0 unspecified atom stereocenters. The van der Waals surface area contributed by atoms with E-state index in [2.05, 4.69) is 148 Å². The molecule has 186 valence electrons. The highest BCUT2D eigenvalue weighted by Gasteiger charge is 2.47. The van der Waals surface area contributed by atoms with Crippen LogP contribution >= 0.6 is 0 Å². The predicted octanol–water partition coefficient (Wildman–Crippen LogP) is 10.3. The Hall–Kier alpha value is -4.30. The van der Waals surface area contributed by atoms with Crippen LogP contribution in [0, 0.1) is 0 Å². The molecular formula is C36H31NO. The maximum absolute atomic E-state index is 6.72. The summed E-state index contributed by atoms with van der Waals surface area (Å²) in [5.41, 5.74) is 10.4. The van der Waals surface area contributed by atoms with Crippen molar-refractivity contribution in [1.82, 2.24) is 0 Å². The van der Waals surface area contributed by atoms with E-state index >= 15 is 0 Å². The Labute approximate surface area is 224 Å². The number of hydrogen-bond donors (Lipinski definition) is 0.